The quantitative estimate of drug-likeness (QED) is 0.306. The minimum Gasteiger partial charge on any atom is -0.507 e. The monoisotopic (exact) mass is 527 g/mol. The van der Waals surface area contributed by atoms with E-state index in [2.05, 4.69) is 26.0 Å². The van der Waals surface area contributed by atoms with E-state index in [1.54, 1.807) is 11.0 Å². The zero-order valence-corrected chi connectivity index (χ0v) is 23.3. The Morgan fingerprint density at radius 1 is 1.00 bits per heavy atom. The lowest BCUT2D eigenvalue weighted by Crippen LogP contribution is -2.42. The summed E-state index contributed by atoms with van der Waals surface area (Å²) in [6, 6.07) is 11.9. The van der Waals surface area contributed by atoms with Crippen molar-refractivity contribution in [3.8, 4) is 5.75 Å². The van der Waals surface area contributed by atoms with E-state index in [-0.39, 0.29) is 41.7 Å². The number of imide groups is 1. The first kappa shape index (κ1) is 26.3. The van der Waals surface area contributed by atoms with Gasteiger partial charge in [0.25, 0.3) is 0 Å². The summed E-state index contributed by atoms with van der Waals surface area (Å²) in [4.78, 5) is 29.0. The smallest absolute Gasteiger partial charge is 0.234 e. The van der Waals surface area contributed by atoms with Crippen molar-refractivity contribution in [3.05, 3.63) is 58.7 Å². The molecule has 0 unspecified atom stereocenters. The molecule has 2 amide bonds. The van der Waals surface area contributed by atoms with Crippen molar-refractivity contribution in [2.24, 2.45) is 17.8 Å². The fraction of sp³-hybridized carbons (Fsp3) is 0.529. The topological polar surface area (TPSA) is 66.8 Å². The number of allylic oxidation sites excluding steroid dienone is 2. The fourth-order valence-corrected chi connectivity index (χ4v) is 7.85. The first-order valence-electron chi connectivity index (χ1n) is 15.1. The molecule has 39 heavy (non-hydrogen) atoms. The van der Waals surface area contributed by atoms with Crippen LogP contribution in [0.3, 0.4) is 0 Å². The predicted molar refractivity (Wildman–Crippen MR) is 154 cm³/mol. The van der Waals surface area contributed by atoms with Crippen LogP contribution in [0.5, 0.6) is 5.75 Å². The molecule has 3 fully saturated rings. The highest BCUT2D eigenvalue weighted by molar-refractivity contribution is 6.06. The molecular weight excluding hydrogens is 486 g/mol. The molecule has 0 spiro atoms. The Morgan fingerprint density at radius 2 is 1.77 bits per heavy atom. The molecule has 2 aromatic carbocycles. The van der Waals surface area contributed by atoms with Crippen LogP contribution in [0.4, 0.5) is 0 Å². The second-order valence-corrected chi connectivity index (χ2v) is 11.9. The van der Waals surface area contributed by atoms with Crippen LogP contribution in [0.1, 0.15) is 83.6 Å². The lowest BCUT2D eigenvalue weighted by Gasteiger charge is -2.31. The number of hydrogen-bond acceptors (Lipinski definition) is 4. The highest BCUT2D eigenvalue weighted by Crippen LogP contribution is 2.51. The molecule has 6 rings (SSSR count). The third-order valence-corrected chi connectivity index (χ3v) is 9.88. The van der Waals surface area contributed by atoms with Gasteiger partial charge in [0, 0.05) is 17.3 Å². The van der Waals surface area contributed by atoms with Gasteiger partial charge in [-0.1, -0.05) is 80.7 Å². The average molecular weight is 528 g/mol. The summed E-state index contributed by atoms with van der Waals surface area (Å²) in [6.45, 7) is 4.93. The molecule has 4 aliphatic rings. The maximum Gasteiger partial charge on any atom is 0.234 e. The molecule has 0 radical (unpaired) electrons. The van der Waals surface area contributed by atoms with E-state index in [1.807, 2.05) is 24.3 Å². The number of aromatic hydroxyl groups is 1. The zero-order chi connectivity index (χ0) is 27.1. The molecule has 0 bridgehead atoms. The van der Waals surface area contributed by atoms with Crippen molar-refractivity contribution < 1.29 is 19.4 Å². The molecular formula is C34H41NO4. The van der Waals surface area contributed by atoms with Crippen LogP contribution in [-0.4, -0.2) is 40.6 Å². The van der Waals surface area contributed by atoms with Gasteiger partial charge in [-0.3, -0.25) is 14.5 Å². The Labute approximate surface area is 231 Å². The SMILES string of the molecule is CCC1=C2[C@@H](CC/C(=C/c3ccc(O)c4ccccc34)CC)OC[C@@H]2[C@@H]2C(=O)N(C3CCCCC3)C(=O)[C@@H]2C1. The Bertz CT molecular complexity index is 1330. The number of rotatable bonds is 7. The number of benzene rings is 2. The van der Waals surface area contributed by atoms with Gasteiger partial charge in [-0.2, -0.15) is 0 Å². The molecule has 2 aliphatic carbocycles. The van der Waals surface area contributed by atoms with Crippen molar-refractivity contribution in [2.45, 2.75) is 90.2 Å². The van der Waals surface area contributed by atoms with E-state index in [0.717, 1.165) is 74.1 Å². The molecule has 2 heterocycles. The second-order valence-electron chi connectivity index (χ2n) is 11.9. The number of ether oxygens (including phenoxy) is 1. The van der Waals surface area contributed by atoms with Gasteiger partial charge in [-0.05, 0) is 67.5 Å². The molecule has 5 heteroatoms. The first-order chi connectivity index (χ1) is 19.0. The number of phenols is 1. The van der Waals surface area contributed by atoms with Crippen LogP contribution in [0, 0.1) is 17.8 Å². The number of phenolic OH excluding ortho intramolecular Hbond substituents is 1. The van der Waals surface area contributed by atoms with Crippen LogP contribution in [0.2, 0.25) is 0 Å². The Kier molecular flexibility index (Phi) is 7.37. The van der Waals surface area contributed by atoms with Crippen LogP contribution in [0.15, 0.2) is 53.1 Å². The molecule has 206 valence electrons. The van der Waals surface area contributed by atoms with Gasteiger partial charge in [0.2, 0.25) is 11.8 Å². The van der Waals surface area contributed by atoms with Crippen molar-refractivity contribution in [3.63, 3.8) is 0 Å². The van der Waals surface area contributed by atoms with Crippen LogP contribution in [-0.2, 0) is 14.3 Å². The van der Waals surface area contributed by atoms with Crippen LogP contribution >= 0.6 is 0 Å². The van der Waals surface area contributed by atoms with Crippen molar-refractivity contribution in [2.75, 3.05) is 6.61 Å². The zero-order valence-electron chi connectivity index (χ0n) is 23.3. The maximum absolute atomic E-state index is 13.7. The van der Waals surface area contributed by atoms with Gasteiger partial charge in [-0.15, -0.1) is 0 Å². The van der Waals surface area contributed by atoms with E-state index < -0.39 is 0 Å². The number of likely N-dealkylation sites (tertiary alicyclic amines) is 1. The third-order valence-electron chi connectivity index (χ3n) is 9.88. The van der Waals surface area contributed by atoms with Crippen LogP contribution in [0.25, 0.3) is 16.8 Å². The lowest BCUT2D eigenvalue weighted by atomic mass is 9.69. The minimum atomic E-state index is -0.237. The standard InChI is InChI=1S/C34H41NO4/c1-3-21(18-23-15-16-29(36)26-13-9-8-12-25(23)26)14-17-30-31-22(4-2)19-27-32(28(31)20-39-30)34(38)35(33(27)37)24-10-6-5-7-11-24/h8-9,12-13,15-16,18,24,27-28,30,32,36H,3-7,10-11,14,17,19-20H2,1-2H3/b21-18+/t27-,28+,30-,32-/m1/s1. The van der Waals surface area contributed by atoms with Gasteiger partial charge in [0.1, 0.15) is 5.75 Å². The second kappa shape index (κ2) is 10.9. The van der Waals surface area contributed by atoms with Crippen molar-refractivity contribution in [1.82, 2.24) is 4.90 Å². The van der Waals surface area contributed by atoms with Gasteiger partial charge < -0.3 is 9.84 Å². The summed E-state index contributed by atoms with van der Waals surface area (Å²) < 4.78 is 6.44. The van der Waals surface area contributed by atoms with E-state index >= 15 is 0 Å². The molecule has 1 saturated carbocycles. The summed E-state index contributed by atoms with van der Waals surface area (Å²) in [7, 11) is 0. The summed E-state index contributed by atoms with van der Waals surface area (Å²) in [5.74, 6) is 0.0834. The van der Waals surface area contributed by atoms with E-state index in [1.165, 1.54) is 23.1 Å². The number of fused-ring (bicyclic) bond motifs is 4. The van der Waals surface area contributed by atoms with Gasteiger partial charge in [-0.25, -0.2) is 0 Å². The largest absolute Gasteiger partial charge is 0.507 e. The number of hydrogen-bond donors (Lipinski definition) is 1. The summed E-state index contributed by atoms with van der Waals surface area (Å²) >= 11 is 0. The lowest BCUT2D eigenvalue weighted by molar-refractivity contribution is -0.143. The van der Waals surface area contributed by atoms with E-state index in [0.29, 0.717) is 12.4 Å². The highest BCUT2D eigenvalue weighted by atomic mass is 16.5. The molecule has 0 aromatic heterocycles. The Balaban J connectivity index is 1.22. The fourth-order valence-electron chi connectivity index (χ4n) is 7.85. The van der Waals surface area contributed by atoms with Gasteiger partial charge >= 0.3 is 0 Å². The first-order valence-corrected chi connectivity index (χ1v) is 15.1. The normalized spacial score (nSPS) is 27.9. The Hall–Kier alpha value is -2.92. The summed E-state index contributed by atoms with van der Waals surface area (Å²) in [5, 5.41) is 12.2. The molecule has 5 nitrogen and oxygen atoms in total. The average Bonchev–Trinajstić information content (AvgIpc) is 3.50. The Morgan fingerprint density at radius 3 is 2.51 bits per heavy atom. The molecule has 1 N–H and O–H groups in total. The molecule has 2 saturated heterocycles. The molecule has 2 aliphatic heterocycles. The molecule has 2 aromatic rings. The minimum absolute atomic E-state index is 0.0176. The highest BCUT2D eigenvalue weighted by Gasteiger charge is 2.57. The van der Waals surface area contributed by atoms with Crippen molar-refractivity contribution in [1.29, 1.82) is 0 Å². The van der Waals surface area contributed by atoms with E-state index in [9.17, 15) is 14.7 Å². The number of carbonyl (C=O) groups excluding carboxylic acids is 2. The summed E-state index contributed by atoms with van der Waals surface area (Å²) in [5.41, 5.74) is 5.15. The number of carbonyl (C=O) groups is 2. The van der Waals surface area contributed by atoms with E-state index in [4.69, 9.17) is 4.74 Å². The summed E-state index contributed by atoms with van der Waals surface area (Å²) in [6.07, 6.45) is 12.0. The molecule has 4 atom stereocenters. The number of amides is 2. The maximum atomic E-state index is 13.7. The van der Waals surface area contributed by atoms with Gasteiger partial charge in [0.05, 0.1) is 24.5 Å². The van der Waals surface area contributed by atoms with Crippen LogP contribution < -0.4 is 0 Å². The third kappa shape index (κ3) is 4.63. The number of nitrogens with zero attached hydrogens (tertiary/aromatic N) is 1. The van der Waals surface area contributed by atoms with Gasteiger partial charge in [0.15, 0.2) is 0 Å². The van der Waals surface area contributed by atoms with Crippen molar-refractivity contribution >= 4 is 28.7 Å². The predicted octanol–water partition coefficient (Wildman–Crippen LogP) is 7.18.